The van der Waals surface area contributed by atoms with E-state index in [0.29, 0.717) is 35.7 Å². The van der Waals surface area contributed by atoms with E-state index in [-0.39, 0.29) is 11.9 Å². The summed E-state index contributed by atoms with van der Waals surface area (Å²) in [5.41, 5.74) is 2.30. The summed E-state index contributed by atoms with van der Waals surface area (Å²) in [5, 5.41) is 6.86. The van der Waals surface area contributed by atoms with E-state index in [1.807, 2.05) is 23.1 Å². The monoisotopic (exact) mass is 382 g/mol. The molecule has 138 valence electrons. The third kappa shape index (κ3) is 2.68. The van der Waals surface area contributed by atoms with Crippen LogP contribution in [0, 0.1) is 4.77 Å². The molecule has 0 aliphatic carbocycles. The van der Waals surface area contributed by atoms with Crippen LogP contribution in [0.25, 0.3) is 5.65 Å². The molecule has 27 heavy (non-hydrogen) atoms. The van der Waals surface area contributed by atoms with Crippen molar-refractivity contribution in [3.63, 3.8) is 0 Å². The van der Waals surface area contributed by atoms with Crippen LogP contribution in [-0.2, 0) is 0 Å². The number of pyridine rings is 1. The average Bonchev–Trinajstić information content (AvgIpc) is 3.34. The summed E-state index contributed by atoms with van der Waals surface area (Å²) in [6.07, 6.45) is 3.60. The fraction of sp³-hybridized carbons (Fsp3) is 0.316. The van der Waals surface area contributed by atoms with Gasteiger partial charge in [-0.2, -0.15) is 5.10 Å². The number of H-pyrrole nitrogens is 1. The molecule has 5 rings (SSSR count). The highest BCUT2D eigenvalue weighted by Gasteiger charge is 2.34. The molecule has 2 aromatic heterocycles. The highest BCUT2D eigenvalue weighted by molar-refractivity contribution is 7.71. The molecule has 7 nitrogen and oxygen atoms in total. The van der Waals surface area contributed by atoms with Gasteiger partial charge in [0.25, 0.3) is 5.91 Å². The normalized spacial score (nSPS) is 18.8. The summed E-state index contributed by atoms with van der Waals surface area (Å²) in [7, 11) is 0. The molecule has 0 radical (unpaired) electrons. The third-order valence-corrected chi connectivity index (χ3v) is 5.42. The van der Waals surface area contributed by atoms with E-state index < -0.39 is 0 Å². The molecular weight excluding hydrogens is 364 g/mol. The van der Waals surface area contributed by atoms with Crippen LogP contribution in [0.5, 0.6) is 11.5 Å². The van der Waals surface area contributed by atoms with E-state index >= 15 is 0 Å². The van der Waals surface area contributed by atoms with Crippen LogP contribution in [0.1, 0.15) is 34.8 Å². The van der Waals surface area contributed by atoms with Crippen LogP contribution < -0.4 is 9.47 Å². The van der Waals surface area contributed by atoms with Crippen LogP contribution in [0.3, 0.4) is 0 Å². The van der Waals surface area contributed by atoms with Crippen molar-refractivity contribution in [2.24, 2.45) is 0 Å². The summed E-state index contributed by atoms with van der Waals surface area (Å²) in [6.45, 7) is 1.79. The Labute approximate surface area is 160 Å². The van der Waals surface area contributed by atoms with Crippen molar-refractivity contribution in [3.8, 4) is 11.5 Å². The van der Waals surface area contributed by atoms with Crippen molar-refractivity contribution < 1.29 is 14.3 Å². The lowest BCUT2D eigenvalue weighted by molar-refractivity contribution is 0.0730. The minimum absolute atomic E-state index is 0.0168. The van der Waals surface area contributed by atoms with Crippen LogP contribution in [0.15, 0.2) is 36.5 Å². The lowest BCUT2D eigenvalue weighted by Gasteiger charge is -2.29. The maximum Gasteiger partial charge on any atom is 0.255 e. The molecule has 0 saturated carbocycles. The Kier molecular flexibility index (Phi) is 3.86. The van der Waals surface area contributed by atoms with Gasteiger partial charge in [-0.05, 0) is 43.3 Å². The number of aromatic amines is 1. The van der Waals surface area contributed by atoms with Gasteiger partial charge in [0.2, 0.25) is 0 Å². The summed E-state index contributed by atoms with van der Waals surface area (Å²) in [5.74, 6) is 1.50. The van der Waals surface area contributed by atoms with Gasteiger partial charge in [-0.3, -0.25) is 14.3 Å². The molecule has 1 atom stereocenters. The number of ether oxygens (including phenoxy) is 2. The maximum atomic E-state index is 13.3. The molecule has 2 aliphatic heterocycles. The van der Waals surface area contributed by atoms with E-state index in [0.717, 1.165) is 29.9 Å². The van der Waals surface area contributed by atoms with Crippen molar-refractivity contribution >= 4 is 23.8 Å². The zero-order chi connectivity index (χ0) is 18.4. The Bertz CT molecular complexity index is 1090. The number of nitrogens with one attached hydrogen (secondary N) is 1. The van der Waals surface area contributed by atoms with E-state index in [1.54, 1.807) is 22.7 Å². The van der Waals surface area contributed by atoms with Crippen LogP contribution >= 0.6 is 12.2 Å². The van der Waals surface area contributed by atoms with Gasteiger partial charge in [-0.1, -0.05) is 12.1 Å². The molecule has 0 bridgehead atoms. The number of amides is 1. The fourth-order valence-corrected chi connectivity index (χ4v) is 4.08. The Balaban J connectivity index is 1.51. The van der Waals surface area contributed by atoms with E-state index in [2.05, 4.69) is 10.2 Å². The Morgan fingerprint density at radius 3 is 3.04 bits per heavy atom. The average molecular weight is 382 g/mol. The fourth-order valence-electron chi connectivity index (χ4n) is 3.89. The second-order valence-corrected chi connectivity index (χ2v) is 7.09. The van der Waals surface area contributed by atoms with Crippen molar-refractivity contribution in [3.05, 3.63) is 52.4 Å². The largest absolute Gasteiger partial charge is 0.486 e. The molecular formula is C19H18N4O3S. The molecule has 3 aromatic rings. The number of rotatable bonds is 2. The first-order valence-electron chi connectivity index (χ1n) is 8.98. The quantitative estimate of drug-likeness (QED) is 0.690. The number of hydrogen-bond acceptors (Lipinski definition) is 5. The van der Waals surface area contributed by atoms with Gasteiger partial charge in [-0.15, -0.1) is 0 Å². The molecule has 0 spiro atoms. The molecule has 8 heteroatoms. The standard InChI is InChI=1S/C19H18N4O3S/c24-18(12-6-7-16-20-21-19(27)23(16)11-12)22-8-2-4-14(22)13-3-1-5-15-17(13)26-10-9-25-15/h1,3,5-7,11,14H,2,4,8-10H2,(H,21,27). The number of benzene rings is 1. The molecule has 1 fully saturated rings. The summed E-state index contributed by atoms with van der Waals surface area (Å²) >= 11 is 5.22. The maximum absolute atomic E-state index is 13.3. The smallest absolute Gasteiger partial charge is 0.255 e. The Hall–Kier alpha value is -2.87. The minimum atomic E-state index is -0.0258. The zero-order valence-corrected chi connectivity index (χ0v) is 15.4. The number of fused-ring (bicyclic) bond motifs is 2. The summed E-state index contributed by atoms with van der Waals surface area (Å²) < 4.78 is 13.8. The molecule has 1 N–H and O–H groups in total. The number of hydrogen-bond donors (Lipinski definition) is 1. The van der Waals surface area contributed by atoms with Gasteiger partial charge >= 0.3 is 0 Å². The predicted molar refractivity (Wildman–Crippen MR) is 101 cm³/mol. The van der Waals surface area contributed by atoms with Crippen LogP contribution in [-0.4, -0.2) is 45.2 Å². The lowest BCUT2D eigenvalue weighted by Crippen LogP contribution is -2.31. The van der Waals surface area contributed by atoms with E-state index in [9.17, 15) is 4.79 Å². The van der Waals surface area contributed by atoms with Crippen LogP contribution in [0.2, 0.25) is 0 Å². The SMILES string of the molecule is O=C(c1ccc2n[nH]c(=S)n2c1)N1CCCC1c1cccc2c1OCCO2. The molecule has 1 saturated heterocycles. The second kappa shape index (κ2) is 6.38. The van der Waals surface area contributed by atoms with Gasteiger partial charge in [0.1, 0.15) is 13.2 Å². The molecule has 4 heterocycles. The number of nitrogens with zero attached hydrogens (tertiary/aromatic N) is 3. The Morgan fingerprint density at radius 1 is 1.22 bits per heavy atom. The van der Waals surface area contributed by atoms with Gasteiger partial charge in [0.15, 0.2) is 21.9 Å². The summed E-state index contributed by atoms with van der Waals surface area (Å²) in [4.78, 5) is 15.2. The molecule has 1 unspecified atom stereocenters. The zero-order valence-electron chi connectivity index (χ0n) is 14.6. The first kappa shape index (κ1) is 16.3. The first-order chi connectivity index (χ1) is 13.2. The topological polar surface area (TPSA) is 71.9 Å². The van der Waals surface area contributed by atoms with E-state index in [4.69, 9.17) is 21.7 Å². The van der Waals surface area contributed by atoms with Gasteiger partial charge in [-0.25, -0.2) is 0 Å². The lowest BCUT2D eigenvalue weighted by atomic mass is 10.0. The van der Waals surface area contributed by atoms with Crippen molar-refractivity contribution in [1.82, 2.24) is 19.5 Å². The molecule has 2 aliphatic rings. The number of likely N-dealkylation sites (tertiary alicyclic amines) is 1. The van der Waals surface area contributed by atoms with Gasteiger partial charge in [0.05, 0.1) is 11.6 Å². The Morgan fingerprint density at radius 2 is 2.11 bits per heavy atom. The van der Waals surface area contributed by atoms with Gasteiger partial charge in [0, 0.05) is 18.3 Å². The number of aromatic nitrogens is 3. The predicted octanol–water partition coefficient (Wildman–Crippen LogP) is 3.14. The first-order valence-corrected chi connectivity index (χ1v) is 9.39. The van der Waals surface area contributed by atoms with Crippen molar-refractivity contribution in [2.75, 3.05) is 19.8 Å². The van der Waals surface area contributed by atoms with Crippen LogP contribution in [0.4, 0.5) is 0 Å². The highest BCUT2D eigenvalue weighted by atomic mass is 32.1. The number of carbonyl (C=O) groups is 1. The molecule has 1 amide bonds. The third-order valence-electron chi connectivity index (χ3n) is 5.13. The number of carbonyl (C=O) groups excluding carboxylic acids is 1. The molecule has 1 aromatic carbocycles. The number of para-hydroxylation sites is 1. The summed E-state index contributed by atoms with van der Waals surface area (Å²) in [6, 6.07) is 9.46. The highest BCUT2D eigenvalue weighted by Crippen LogP contribution is 2.43. The van der Waals surface area contributed by atoms with E-state index in [1.165, 1.54) is 0 Å². The minimum Gasteiger partial charge on any atom is -0.486 e. The van der Waals surface area contributed by atoms with Crippen molar-refractivity contribution in [1.29, 1.82) is 0 Å². The van der Waals surface area contributed by atoms with Crippen molar-refractivity contribution in [2.45, 2.75) is 18.9 Å². The second-order valence-electron chi connectivity index (χ2n) is 6.70. The van der Waals surface area contributed by atoms with Gasteiger partial charge < -0.3 is 14.4 Å².